The maximum absolute atomic E-state index is 13.0. The van der Waals surface area contributed by atoms with Gasteiger partial charge in [-0.1, -0.05) is 48.5 Å². The lowest BCUT2D eigenvalue weighted by Gasteiger charge is -2.12. The number of nitrogens with zero attached hydrogens (tertiary/aromatic N) is 1. The smallest absolute Gasteiger partial charge is 0.263 e. The predicted octanol–water partition coefficient (Wildman–Crippen LogP) is 6.43. The molecule has 168 valence electrons. The molecule has 0 unspecified atom stereocenters. The van der Waals surface area contributed by atoms with Crippen LogP contribution in [0, 0.1) is 0 Å². The van der Waals surface area contributed by atoms with Gasteiger partial charge in [-0.2, -0.15) is 0 Å². The minimum absolute atomic E-state index is 0.326. The van der Waals surface area contributed by atoms with E-state index in [-0.39, 0.29) is 5.91 Å². The molecule has 0 aliphatic rings. The number of nitrogens with one attached hydrogen (secondary N) is 1. The zero-order valence-electron chi connectivity index (χ0n) is 18.7. The van der Waals surface area contributed by atoms with E-state index in [2.05, 4.69) is 22.4 Å². The van der Waals surface area contributed by atoms with Gasteiger partial charge in [0.2, 0.25) is 5.89 Å². The van der Waals surface area contributed by atoms with Crippen LogP contribution in [0.2, 0.25) is 0 Å². The normalized spacial score (nSPS) is 10.8. The minimum Gasteiger partial charge on any atom is -0.496 e. The molecule has 0 atom stereocenters. The van der Waals surface area contributed by atoms with Gasteiger partial charge < -0.3 is 19.2 Å². The maximum Gasteiger partial charge on any atom is 0.263 e. The highest BCUT2D eigenvalue weighted by Crippen LogP contribution is 2.31. The zero-order valence-corrected chi connectivity index (χ0v) is 18.7. The van der Waals surface area contributed by atoms with E-state index in [1.165, 1.54) is 14.2 Å². The molecular weight excluding hydrogens is 428 g/mol. The Balaban J connectivity index is 1.40. The van der Waals surface area contributed by atoms with Crippen LogP contribution in [0.15, 0.2) is 95.4 Å². The first-order valence-corrected chi connectivity index (χ1v) is 10.7. The van der Waals surface area contributed by atoms with Crippen LogP contribution < -0.4 is 14.8 Å². The zero-order chi connectivity index (χ0) is 23.5. The molecule has 0 spiro atoms. The molecule has 0 saturated heterocycles. The molecule has 5 aromatic rings. The van der Waals surface area contributed by atoms with Crippen LogP contribution in [0.25, 0.3) is 33.7 Å². The Morgan fingerprint density at radius 3 is 2.09 bits per heavy atom. The number of aromatic nitrogens is 1. The molecule has 5 rings (SSSR count). The lowest BCUT2D eigenvalue weighted by Crippen LogP contribution is -2.14. The van der Waals surface area contributed by atoms with Crippen molar-refractivity contribution >= 4 is 22.7 Å². The van der Waals surface area contributed by atoms with Crippen LogP contribution in [0.4, 0.5) is 5.69 Å². The fourth-order valence-electron chi connectivity index (χ4n) is 3.83. The van der Waals surface area contributed by atoms with Gasteiger partial charge in [-0.15, -0.1) is 0 Å². The molecule has 0 aliphatic carbocycles. The Hall–Kier alpha value is -4.58. The van der Waals surface area contributed by atoms with Crippen LogP contribution in [-0.4, -0.2) is 25.1 Å². The molecule has 0 bridgehead atoms. The van der Waals surface area contributed by atoms with Crippen LogP contribution in [0.5, 0.6) is 11.5 Å². The molecule has 0 fully saturated rings. The number of carbonyl (C=O) groups is 1. The number of methoxy groups -OCH3 is 2. The first-order valence-electron chi connectivity index (χ1n) is 10.7. The third kappa shape index (κ3) is 4.09. The Bertz CT molecular complexity index is 1440. The number of hydrogen-bond acceptors (Lipinski definition) is 5. The number of benzene rings is 4. The summed E-state index contributed by atoms with van der Waals surface area (Å²) >= 11 is 0. The highest BCUT2D eigenvalue weighted by atomic mass is 16.5. The summed E-state index contributed by atoms with van der Waals surface area (Å²) in [5, 5.41) is 2.89. The van der Waals surface area contributed by atoms with E-state index in [9.17, 15) is 4.79 Å². The van der Waals surface area contributed by atoms with E-state index in [4.69, 9.17) is 13.9 Å². The maximum atomic E-state index is 13.0. The van der Waals surface area contributed by atoms with Gasteiger partial charge in [-0.05, 0) is 53.6 Å². The first kappa shape index (κ1) is 21.3. The number of fused-ring (bicyclic) bond motifs is 1. The van der Waals surface area contributed by atoms with Crippen molar-refractivity contribution in [3.63, 3.8) is 0 Å². The van der Waals surface area contributed by atoms with Crippen molar-refractivity contribution < 1.29 is 18.7 Å². The Morgan fingerprint density at radius 2 is 1.41 bits per heavy atom. The summed E-state index contributed by atoms with van der Waals surface area (Å²) in [7, 11) is 3.03. The van der Waals surface area contributed by atoms with Crippen molar-refractivity contribution in [1.82, 2.24) is 4.98 Å². The molecule has 0 aliphatic heterocycles. The number of rotatable bonds is 6. The fraction of sp³-hybridized carbons (Fsp3) is 0.0714. The lowest BCUT2D eigenvalue weighted by atomic mass is 10.0. The second-order valence-corrected chi connectivity index (χ2v) is 7.64. The van der Waals surface area contributed by atoms with E-state index in [0.717, 1.165) is 16.7 Å². The SMILES string of the molecule is COc1cccc(OC)c1C(=O)Nc1ccc2oc(-c3ccc(-c4ccccc4)cc3)nc2c1. The van der Waals surface area contributed by atoms with Gasteiger partial charge in [0.1, 0.15) is 22.6 Å². The van der Waals surface area contributed by atoms with Gasteiger partial charge in [-0.3, -0.25) is 4.79 Å². The van der Waals surface area contributed by atoms with Gasteiger partial charge >= 0.3 is 0 Å². The largest absolute Gasteiger partial charge is 0.496 e. The molecular formula is C28H22N2O4. The number of hydrogen-bond donors (Lipinski definition) is 1. The second-order valence-electron chi connectivity index (χ2n) is 7.64. The molecule has 0 radical (unpaired) electrons. The number of amides is 1. The number of carbonyl (C=O) groups excluding carboxylic acids is 1. The van der Waals surface area contributed by atoms with Crippen molar-refractivity contribution in [2.45, 2.75) is 0 Å². The summed E-state index contributed by atoms with van der Waals surface area (Å²) in [6.45, 7) is 0. The number of oxazole rings is 1. The van der Waals surface area contributed by atoms with Gasteiger partial charge in [0.25, 0.3) is 5.91 Å². The quantitative estimate of drug-likeness (QED) is 0.323. The molecule has 34 heavy (non-hydrogen) atoms. The third-order valence-electron chi connectivity index (χ3n) is 5.54. The summed E-state index contributed by atoms with van der Waals surface area (Å²) in [5.74, 6) is 1.04. The van der Waals surface area contributed by atoms with Crippen molar-refractivity contribution in [1.29, 1.82) is 0 Å². The van der Waals surface area contributed by atoms with Gasteiger partial charge in [0, 0.05) is 11.3 Å². The molecule has 1 aromatic heterocycles. The Labute approximate surface area is 196 Å². The Morgan fingerprint density at radius 1 is 0.765 bits per heavy atom. The van der Waals surface area contributed by atoms with Crippen LogP contribution in [0.1, 0.15) is 10.4 Å². The number of anilines is 1. The van der Waals surface area contributed by atoms with Crippen molar-refractivity contribution in [2.24, 2.45) is 0 Å². The molecule has 6 nitrogen and oxygen atoms in total. The molecule has 1 N–H and O–H groups in total. The van der Waals surface area contributed by atoms with Crippen LogP contribution in [0.3, 0.4) is 0 Å². The monoisotopic (exact) mass is 450 g/mol. The van der Waals surface area contributed by atoms with Crippen molar-refractivity contribution in [2.75, 3.05) is 19.5 Å². The third-order valence-corrected chi connectivity index (χ3v) is 5.54. The average Bonchev–Trinajstić information content (AvgIpc) is 3.32. The summed E-state index contributed by atoms with van der Waals surface area (Å²) < 4.78 is 16.6. The number of ether oxygens (including phenoxy) is 2. The van der Waals surface area contributed by atoms with E-state index in [1.807, 2.05) is 42.5 Å². The summed E-state index contributed by atoms with van der Waals surface area (Å²) in [4.78, 5) is 17.6. The van der Waals surface area contributed by atoms with Crippen molar-refractivity contribution in [3.05, 3.63) is 96.6 Å². The van der Waals surface area contributed by atoms with Crippen LogP contribution >= 0.6 is 0 Å². The molecule has 0 saturated carbocycles. The molecule has 1 amide bonds. The van der Waals surface area contributed by atoms with E-state index < -0.39 is 0 Å². The lowest BCUT2D eigenvalue weighted by molar-refractivity contribution is 0.102. The van der Waals surface area contributed by atoms with E-state index >= 15 is 0 Å². The van der Waals surface area contributed by atoms with Crippen molar-refractivity contribution in [3.8, 4) is 34.1 Å². The topological polar surface area (TPSA) is 73.6 Å². The molecule has 1 heterocycles. The van der Waals surface area contributed by atoms with E-state index in [0.29, 0.717) is 39.7 Å². The fourth-order valence-corrected chi connectivity index (χ4v) is 3.83. The van der Waals surface area contributed by atoms with Gasteiger partial charge in [-0.25, -0.2) is 4.98 Å². The highest BCUT2D eigenvalue weighted by Gasteiger charge is 2.19. The van der Waals surface area contributed by atoms with Gasteiger partial charge in [0.05, 0.1) is 14.2 Å². The average molecular weight is 450 g/mol. The first-order chi connectivity index (χ1) is 16.7. The minimum atomic E-state index is -0.339. The highest BCUT2D eigenvalue weighted by molar-refractivity contribution is 6.08. The van der Waals surface area contributed by atoms with Gasteiger partial charge in [0.15, 0.2) is 5.58 Å². The predicted molar refractivity (Wildman–Crippen MR) is 132 cm³/mol. The summed E-state index contributed by atoms with van der Waals surface area (Å²) in [6.07, 6.45) is 0. The molecule has 6 heteroatoms. The summed E-state index contributed by atoms with van der Waals surface area (Å²) in [6, 6.07) is 28.8. The Kier molecular flexibility index (Phi) is 5.70. The molecule has 4 aromatic carbocycles. The van der Waals surface area contributed by atoms with Crippen LogP contribution in [-0.2, 0) is 0 Å². The standard InChI is InChI=1S/C28H22N2O4/c1-32-24-9-6-10-25(33-2)26(24)27(31)29-21-15-16-23-22(17-21)30-28(34-23)20-13-11-19(12-14-20)18-7-4-3-5-8-18/h3-17H,1-2H3,(H,29,31). The second kappa shape index (κ2) is 9.11. The summed E-state index contributed by atoms with van der Waals surface area (Å²) in [5.41, 5.74) is 5.34. The van der Waals surface area contributed by atoms with E-state index in [1.54, 1.807) is 36.4 Å².